The van der Waals surface area contributed by atoms with Gasteiger partial charge in [0.1, 0.15) is 5.82 Å². The normalized spacial score (nSPS) is 10.3. The van der Waals surface area contributed by atoms with Gasteiger partial charge in [-0.2, -0.15) is 0 Å². The van der Waals surface area contributed by atoms with Crippen molar-refractivity contribution in [3.63, 3.8) is 0 Å². The van der Waals surface area contributed by atoms with Gasteiger partial charge in [0.05, 0.1) is 5.69 Å². The van der Waals surface area contributed by atoms with Gasteiger partial charge in [-0.15, -0.1) is 0 Å². The molecule has 0 amide bonds. The van der Waals surface area contributed by atoms with Gasteiger partial charge in [-0.3, -0.25) is 0 Å². The third kappa shape index (κ3) is 2.57. The highest BCUT2D eigenvalue weighted by molar-refractivity contribution is 5.78. The molecule has 0 radical (unpaired) electrons. The average Bonchev–Trinajstić information content (AvgIpc) is 2.41. The van der Waals surface area contributed by atoms with Crippen LogP contribution in [-0.4, -0.2) is 7.05 Å². The van der Waals surface area contributed by atoms with E-state index in [-0.39, 0.29) is 11.5 Å². The highest BCUT2D eigenvalue weighted by Gasteiger charge is 2.13. The fourth-order valence-electron chi connectivity index (χ4n) is 1.77. The van der Waals surface area contributed by atoms with E-state index in [1.165, 1.54) is 18.2 Å². The molecule has 0 atom stereocenters. The van der Waals surface area contributed by atoms with Crippen molar-refractivity contribution in [2.75, 3.05) is 17.7 Å². The summed E-state index contributed by atoms with van der Waals surface area (Å²) in [6, 6.07) is 10.6. The molecule has 0 aromatic heterocycles. The van der Waals surface area contributed by atoms with Crippen molar-refractivity contribution in [2.45, 2.75) is 0 Å². The number of anilines is 2. The summed E-state index contributed by atoms with van der Waals surface area (Å²) in [5.74, 6) is -0.820. The molecule has 2 rings (SSSR count). The van der Waals surface area contributed by atoms with Crippen molar-refractivity contribution in [1.82, 2.24) is 0 Å². The number of benzene rings is 2. The van der Waals surface area contributed by atoms with Gasteiger partial charge in [0.2, 0.25) is 0 Å². The quantitative estimate of drug-likeness (QED) is 0.853. The first-order valence-corrected chi connectivity index (χ1v) is 5.73. The molecule has 2 aromatic carbocycles. The zero-order valence-corrected chi connectivity index (χ0v) is 10.5. The largest absolute Gasteiger partial charge is 0.396 e. The van der Waals surface area contributed by atoms with Crippen LogP contribution in [0.1, 0.15) is 5.56 Å². The summed E-state index contributed by atoms with van der Waals surface area (Å²) >= 11 is 0. The van der Waals surface area contributed by atoms with E-state index in [1.54, 1.807) is 36.2 Å². The predicted octanol–water partition coefficient (Wildman–Crippen LogP) is 3.65. The monoisotopic (exact) mass is 260 g/mol. The Kier molecular flexibility index (Phi) is 3.51. The van der Waals surface area contributed by atoms with E-state index in [0.717, 1.165) is 0 Å². The summed E-state index contributed by atoms with van der Waals surface area (Å²) < 4.78 is 26.8. The molecule has 2 N–H and O–H groups in total. The number of hydrogen-bond donors (Lipinski definition) is 1. The van der Waals surface area contributed by atoms with Crippen LogP contribution in [0.4, 0.5) is 20.2 Å². The van der Waals surface area contributed by atoms with E-state index < -0.39 is 5.82 Å². The van der Waals surface area contributed by atoms with Crippen LogP contribution in [0.3, 0.4) is 0 Å². The van der Waals surface area contributed by atoms with Crippen LogP contribution in [0, 0.1) is 11.6 Å². The molecule has 0 aliphatic carbocycles. The fourth-order valence-corrected chi connectivity index (χ4v) is 1.77. The first-order valence-electron chi connectivity index (χ1n) is 5.73. The zero-order valence-electron chi connectivity index (χ0n) is 10.5. The number of nitrogens with two attached hydrogens (primary N) is 1. The lowest BCUT2D eigenvalue weighted by molar-refractivity contribution is 0.626. The molecule has 0 bridgehead atoms. The Hall–Kier alpha value is -2.36. The van der Waals surface area contributed by atoms with Gasteiger partial charge in [-0.25, -0.2) is 8.78 Å². The van der Waals surface area contributed by atoms with E-state index in [1.807, 2.05) is 0 Å². The summed E-state index contributed by atoms with van der Waals surface area (Å²) in [4.78, 5) is 1.68. The summed E-state index contributed by atoms with van der Waals surface area (Å²) in [5.41, 5.74) is 7.10. The minimum absolute atomic E-state index is 0.0751. The maximum atomic E-state index is 13.9. The van der Waals surface area contributed by atoms with Crippen molar-refractivity contribution in [3.8, 4) is 0 Å². The standard InChI is InChI=1S/C15H14F2N2/c1-10(13-4-3-5-14(18)15(13)17)19(2)12-8-6-11(16)7-9-12/h3-9H,1,18H2,2H3. The van der Waals surface area contributed by atoms with Crippen molar-refractivity contribution >= 4 is 17.1 Å². The Balaban J connectivity index is 2.33. The second kappa shape index (κ2) is 5.10. The van der Waals surface area contributed by atoms with Crippen LogP contribution < -0.4 is 10.6 Å². The number of halogens is 2. The first kappa shape index (κ1) is 13.1. The third-order valence-electron chi connectivity index (χ3n) is 2.96. The summed E-state index contributed by atoms with van der Waals surface area (Å²) in [6.45, 7) is 3.86. The van der Waals surface area contributed by atoms with Gasteiger partial charge >= 0.3 is 0 Å². The molecule has 98 valence electrons. The Bertz CT molecular complexity index is 606. The van der Waals surface area contributed by atoms with Crippen LogP contribution in [0.2, 0.25) is 0 Å². The van der Waals surface area contributed by atoms with Crippen LogP contribution in [0.5, 0.6) is 0 Å². The minimum atomic E-state index is -0.499. The second-order valence-electron chi connectivity index (χ2n) is 4.19. The second-order valence-corrected chi connectivity index (χ2v) is 4.19. The van der Waals surface area contributed by atoms with Gasteiger partial charge in [0.25, 0.3) is 0 Å². The van der Waals surface area contributed by atoms with E-state index in [4.69, 9.17) is 5.73 Å². The van der Waals surface area contributed by atoms with E-state index in [0.29, 0.717) is 16.9 Å². The first-order chi connectivity index (χ1) is 9.00. The van der Waals surface area contributed by atoms with Gasteiger partial charge < -0.3 is 10.6 Å². The van der Waals surface area contributed by atoms with Gasteiger partial charge in [0, 0.05) is 24.0 Å². The van der Waals surface area contributed by atoms with Gasteiger partial charge in [-0.05, 0) is 36.4 Å². The van der Waals surface area contributed by atoms with Gasteiger partial charge in [0.15, 0.2) is 5.82 Å². The maximum absolute atomic E-state index is 13.9. The summed E-state index contributed by atoms with van der Waals surface area (Å²) in [6.07, 6.45) is 0. The Labute approximate surface area is 110 Å². The molecule has 0 aliphatic rings. The highest BCUT2D eigenvalue weighted by Crippen LogP contribution is 2.27. The molecule has 2 aromatic rings. The Morgan fingerprint density at radius 2 is 1.74 bits per heavy atom. The smallest absolute Gasteiger partial charge is 0.155 e. The minimum Gasteiger partial charge on any atom is -0.396 e. The molecule has 0 fully saturated rings. The fraction of sp³-hybridized carbons (Fsp3) is 0.0667. The van der Waals surface area contributed by atoms with Crippen molar-refractivity contribution in [3.05, 3.63) is 66.2 Å². The number of hydrogen-bond acceptors (Lipinski definition) is 2. The molecule has 4 heteroatoms. The summed E-state index contributed by atoms with van der Waals surface area (Å²) in [7, 11) is 1.73. The highest BCUT2D eigenvalue weighted by atomic mass is 19.1. The van der Waals surface area contributed by atoms with Crippen LogP contribution in [-0.2, 0) is 0 Å². The Morgan fingerprint density at radius 3 is 2.37 bits per heavy atom. The van der Waals surface area contributed by atoms with E-state index >= 15 is 0 Å². The molecule has 0 saturated heterocycles. The Morgan fingerprint density at radius 1 is 1.11 bits per heavy atom. The molecular weight excluding hydrogens is 246 g/mol. The lowest BCUT2D eigenvalue weighted by Gasteiger charge is -2.22. The lowest BCUT2D eigenvalue weighted by atomic mass is 10.1. The number of rotatable bonds is 3. The van der Waals surface area contributed by atoms with Crippen molar-refractivity contribution < 1.29 is 8.78 Å². The molecule has 0 spiro atoms. The van der Waals surface area contributed by atoms with E-state index in [9.17, 15) is 8.78 Å². The molecule has 0 unspecified atom stereocenters. The van der Waals surface area contributed by atoms with Gasteiger partial charge in [-0.1, -0.05) is 12.6 Å². The van der Waals surface area contributed by atoms with Crippen LogP contribution in [0.25, 0.3) is 5.70 Å². The molecule has 19 heavy (non-hydrogen) atoms. The molecule has 0 saturated carbocycles. The lowest BCUT2D eigenvalue weighted by Crippen LogP contribution is -2.15. The van der Waals surface area contributed by atoms with Crippen LogP contribution >= 0.6 is 0 Å². The zero-order chi connectivity index (χ0) is 14.0. The summed E-state index contributed by atoms with van der Waals surface area (Å²) in [5, 5.41) is 0. The number of nitrogen functional groups attached to an aromatic ring is 1. The molecule has 0 aliphatic heterocycles. The topological polar surface area (TPSA) is 29.3 Å². The average molecular weight is 260 g/mol. The maximum Gasteiger partial charge on any atom is 0.155 e. The number of nitrogens with zero attached hydrogens (tertiary/aromatic N) is 1. The van der Waals surface area contributed by atoms with Crippen molar-refractivity contribution in [2.24, 2.45) is 0 Å². The molecular formula is C15H14F2N2. The predicted molar refractivity (Wildman–Crippen MR) is 74.6 cm³/mol. The van der Waals surface area contributed by atoms with Crippen LogP contribution in [0.15, 0.2) is 49.0 Å². The molecule has 2 nitrogen and oxygen atoms in total. The molecule has 0 heterocycles. The SMILES string of the molecule is C=C(c1cccc(N)c1F)N(C)c1ccc(F)cc1. The van der Waals surface area contributed by atoms with E-state index in [2.05, 4.69) is 6.58 Å². The third-order valence-corrected chi connectivity index (χ3v) is 2.96. The van der Waals surface area contributed by atoms with Crippen molar-refractivity contribution in [1.29, 1.82) is 0 Å².